The molecule has 0 aliphatic carbocycles. The van der Waals surface area contributed by atoms with E-state index >= 15 is 0 Å². The number of carbonyl (C=O) groups excluding carboxylic acids is 1. The number of anilines is 2. The monoisotopic (exact) mass is 261 g/mol. The van der Waals surface area contributed by atoms with Crippen LogP contribution in [0.3, 0.4) is 0 Å². The molecule has 1 aromatic heterocycles. The number of nitrogens with zero attached hydrogens (tertiary/aromatic N) is 1. The maximum absolute atomic E-state index is 11.9. The van der Waals surface area contributed by atoms with E-state index < -0.39 is 0 Å². The fourth-order valence-corrected chi connectivity index (χ4v) is 1.58. The fourth-order valence-electron chi connectivity index (χ4n) is 1.40. The summed E-state index contributed by atoms with van der Waals surface area (Å²) in [6, 6.07) is 8.36. The van der Waals surface area contributed by atoms with Crippen LogP contribution in [0.15, 0.2) is 36.5 Å². The van der Waals surface area contributed by atoms with Gasteiger partial charge in [-0.2, -0.15) is 0 Å². The molecule has 2 aromatic rings. The Morgan fingerprint density at radius 3 is 2.72 bits per heavy atom. The number of halogens is 1. The molecule has 1 amide bonds. The Balaban J connectivity index is 2.16. The Kier molecular flexibility index (Phi) is 3.48. The first-order valence-electron chi connectivity index (χ1n) is 5.35. The van der Waals surface area contributed by atoms with Crippen molar-refractivity contribution in [3.63, 3.8) is 0 Å². The van der Waals surface area contributed by atoms with Crippen LogP contribution in [-0.2, 0) is 0 Å². The van der Waals surface area contributed by atoms with Crippen molar-refractivity contribution in [1.82, 2.24) is 4.98 Å². The Bertz CT molecular complexity index is 581. The molecule has 4 nitrogen and oxygen atoms in total. The van der Waals surface area contributed by atoms with E-state index in [1.165, 1.54) is 6.07 Å². The quantitative estimate of drug-likeness (QED) is 0.817. The van der Waals surface area contributed by atoms with Crippen molar-refractivity contribution >= 4 is 29.0 Å². The van der Waals surface area contributed by atoms with E-state index in [-0.39, 0.29) is 5.91 Å². The topological polar surface area (TPSA) is 68.0 Å². The molecule has 0 unspecified atom stereocenters. The van der Waals surface area contributed by atoms with Crippen LogP contribution in [0.2, 0.25) is 5.02 Å². The third-order valence-electron chi connectivity index (χ3n) is 2.42. The van der Waals surface area contributed by atoms with Gasteiger partial charge in [-0.1, -0.05) is 17.7 Å². The van der Waals surface area contributed by atoms with Gasteiger partial charge < -0.3 is 11.1 Å². The van der Waals surface area contributed by atoms with E-state index in [1.807, 2.05) is 13.0 Å². The summed E-state index contributed by atoms with van der Waals surface area (Å²) in [7, 11) is 0. The summed E-state index contributed by atoms with van der Waals surface area (Å²) in [6.45, 7) is 1.93. The van der Waals surface area contributed by atoms with Crippen LogP contribution in [0.1, 0.15) is 15.9 Å². The first-order chi connectivity index (χ1) is 8.56. The largest absolute Gasteiger partial charge is 0.398 e. The average molecular weight is 262 g/mol. The van der Waals surface area contributed by atoms with Crippen LogP contribution >= 0.6 is 11.6 Å². The first-order valence-corrected chi connectivity index (χ1v) is 5.73. The fraction of sp³-hybridized carbons (Fsp3) is 0.0769. The summed E-state index contributed by atoms with van der Waals surface area (Å²) in [5.41, 5.74) is 7.50. The molecule has 92 valence electrons. The number of nitrogens with two attached hydrogens (primary N) is 1. The number of amides is 1. The molecular formula is C13H12ClN3O. The van der Waals surface area contributed by atoms with E-state index in [0.717, 1.165) is 5.56 Å². The van der Waals surface area contributed by atoms with Gasteiger partial charge in [0.15, 0.2) is 0 Å². The number of pyridine rings is 1. The highest BCUT2D eigenvalue weighted by molar-refractivity contribution is 6.33. The van der Waals surface area contributed by atoms with Gasteiger partial charge in [-0.3, -0.25) is 4.79 Å². The summed E-state index contributed by atoms with van der Waals surface area (Å²) < 4.78 is 0. The molecule has 0 fully saturated rings. The van der Waals surface area contributed by atoms with E-state index in [2.05, 4.69) is 10.3 Å². The third-order valence-corrected chi connectivity index (χ3v) is 2.74. The molecule has 0 spiro atoms. The lowest BCUT2D eigenvalue weighted by Gasteiger charge is -2.06. The molecule has 0 atom stereocenters. The number of nitrogen functional groups attached to an aromatic ring is 1. The lowest BCUT2D eigenvalue weighted by Crippen LogP contribution is -2.13. The Hall–Kier alpha value is -2.07. The number of aromatic nitrogens is 1. The summed E-state index contributed by atoms with van der Waals surface area (Å²) in [5, 5.41) is 3.04. The number of aryl methyl sites for hydroxylation is 1. The van der Waals surface area contributed by atoms with Gasteiger partial charge in [-0.05, 0) is 36.8 Å². The summed E-state index contributed by atoms with van der Waals surface area (Å²) in [5.74, 6) is 0.229. The van der Waals surface area contributed by atoms with Crippen molar-refractivity contribution in [2.24, 2.45) is 0 Å². The van der Waals surface area contributed by atoms with E-state index in [4.69, 9.17) is 17.3 Å². The normalized spacial score (nSPS) is 10.1. The van der Waals surface area contributed by atoms with Crippen LogP contribution in [0.4, 0.5) is 11.5 Å². The molecule has 5 heteroatoms. The predicted octanol–water partition coefficient (Wildman–Crippen LogP) is 2.88. The molecule has 2 rings (SSSR count). The van der Waals surface area contributed by atoms with Gasteiger partial charge >= 0.3 is 0 Å². The number of hydrogen-bond acceptors (Lipinski definition) is 3. The van der Waals surface area contributed by atoms with Crippen molar-refractivity contribution in [3.8, 4) is 0 Å². The number of rotatable bonds is 2. The zero-order valence-corrected chi connectivity index (χ0v) is 10.5. The molecule has 1 aromatic carbocycles. The van der Waals surface area contributed by atoms with Crippen molar-refractivity contribution in [1.29, 1.82) is 0 Å². The maximum atomic E-state index is 11.9. The molecule has 0 saturated heterocycles. The van der Waals surface area contributed by atoms with Gasteiger partial charge in [0.05, 0.1) is 10.7 Å². The summed E-state index contributed by atoms with van der Waals surface area (Å²) in [6.07, 6.45) is 1.69. The summed E-state index contributed by atoms with van der Waals surface area (Å²) in [4.78, 5) is 16.0. The second-order valence-electron chi connectivity index (χ2n) is 3.91. The lowest BCUT2D eigenvalue weighted by atomic mass is 10.2. The van der Waals surface area contributed by atoms with Crippen molar-refractivity contribution in [2.45, 2.75) is 6.92 Å². The minimum Gasteiger partial charge on any atom is -0.398 e. The van der Waals surface area contributed by atoms with E-state index in [9.17, 15) is 4.79 Å². The van der Waals surface area contributed by atoms with Crippen LogP contribution in [0, 0.1) is 6.92 Å². The van der Waals surface area contributed by atoms with Crippen LogP contribution < -0.4 is 11.1 Å². The van der Waals surface area contributed by atoms with Crippen molar-refractivity contribution in [2.75, 3.05) is 11.1 Å². The van der Waals surface area contributed by atoms with Crippen molar-refractivity contribution in [3.05, 3.63) is 52.7 Å². The summed E-state index contributed by atoms with van der Waals surface area (Å²) >= 11 is 5.86. The predicted molar refractivity (Wildman–Crippen MR) is 72.8 cm³/mol. The van der Waals surface area contributed by atoms with Gasteiger partial charge in [-0.25, -0.2) is 4.98 Å². The maximum Gasteiger partial charge on any atom is 0.256 e. The SMILES string of the molecule is Cc1ccc(NC(=O)c2ccc(N)c(Cl)c2)nc1. The van der Waals surface area contributed by atoms with Crippen LogP contribution in [-0.4, -0.2) is 10.9 Å². The zero-order valence-electron chi connectivity index (χ0n) is 9.77. The van der Waals surface area contributed by atoms with E-state index in [0.29, 0.717) is 22.1 Å². The number of hydrogen-bond donors (Lipinski definition) is 2. The number of benzene rings is 1. The van der Waals surface area contributed by atoms with Gasteiger partial charge in [0.2, 0.25) is 0 Å². The second-order valence-corrected chi connectivity index (χ2v) is 4.32. The lowest BCUT2D eigenvalue weighted by molar-refractivity contribution is 0.102. The smallest absolute Gasteiger partial charge is 0.256 e. The molecule has 3 N–H and O–H groups in total. The minimum absolute atomic E-state index is 0.270. The van der Waals surface area contributed by atoms with Crippen LogP contribution in [0.5, 0.6) is 0 Å². The Labute approximate surface area is 110 Å². The van der Waals surface area contributed by atoms with Gasteiger partial charge in [0, 0.05) is 11.8 Å². The Morgan fingerprint density at radius 2 is 2.11 bits per heavy atom. The van der Waals surface area contributed by atoms with Gasteiger partial charge in [0.25, 0.3) is 5.91 Å². The van der Waals surface area contributed by atoms with Crippen molar-refractivity contribution < 1.29 is 4.79 Å². The molecule has 1 heterocycles. The zero-order chi connectivity index (χ0) is 13.1. The van der Waals surface area contributed by atoms with E-state index in [1.54, 1.807) is 24.4 Å². The van der Waals surface area contributed by atoms with Gasteiger partial charge in [-0.15, -0.1) is 0 Å². The molecule has 0 saturated carbocycles. The molecule has 0 aliphatic rings. The standard InChI is InChI=1S/C13H12ClN3O/c1-8-2-5-12(16-7-8)17-13(18)9-3-4-11(15)10(14)6-9/h2-7H,15H2,1H3,(H,16,17,18). The first kappa shape index (κ1) is 12.4. The number of nitrogens with one attached hydrogen (secondary N) is 1. The minimum atomic E-state index is -0.270. The highest BCUT2D eigenvalue weighted by atomic mass is 35.5. The highest BCUT2D eigenvalue weighted by Gasteiger charge is 2.08. The highest BCUT2D eigenvalue weighted by Crippen LogP contribution is 2.20. The molecule has 18 heavy (non-hydrogen) atoms. The molecule has 0 bridgehead atoms. The molecule has 0 aliphatic heterocycles. The number of carbonyl (C=O) groups is 1. The Morgan fingerprint density at radius 1 is 1.33 bits per heavy atom. The second kappa shape index (κ2) is 5.06. The average Bonchev–Trinajstić information content (AvgIpc) is 2.35. The third kappa shape index (κ3) is 2.78. The molecular weight excluding hydrogens is 250 g/mol. The van der Waals surface area contributed by atoms with Crippen LogP contribution in [0.25, 0.3) is 0 Å². The molecule has 0 radical (unpaired) electrons. The van der Waals surface area contributed by atoms with Gasteiger partial charge in [0.1, 0.15) is 5.82 Å².